The molecule has 16 heteroatoms. The number of nitrogens with zero attached hydrogens (tertiary/aromatic N) is 4. The van der Waals surface area contributed by atoms with E-state index >= 15 is 0 Å². The molecule has 3 aromatic carbocycles. The molecule has 50 heavy (non-hydrogen) atoms. The maximum atomic E-state index is 10.9. The van der Waals surface area contributed by atoms with Crippen LogP contribution in [0.25, 0.3) is 11.4 Å². The lowest BCUT2D eigenvalue weighted by atomic mass is 10.2. The van der Waals surface area contributed by atoms with Gasteiger partial charge in [-0.2, -0.15) is 10.2 Å². The monoisotopic (exact) mass is 713 g/mol. The molecule has 0 bridgehead atoms. The highest BCUT2D eigenvalue weighted by Crippen LogP contribution is 2.14. The maximum Gasteiger partial charge on any atom is 0.337 e. The van der Waals surface area contributed by atoms with Gasteiger partial charge in [-0.3, -0.25) is 5.84 Å². The third-order valence-corrected chi connectivity index (χ3v) is 6.60. The number of rotatable bonds is 12. The van der Waals surface area contributed by atoms with E-state index < -0.39 is 11.9 Å². The molecule has 0 aliphatic rings. The van der Waals surface area contributed by atoms with E-state index in [1.807, 2.05) is 41.2 Å². The highest BCUT2D eigenvalue weighted by molar-refractivity contribution is 5.94. The van der Waals surface area contributed by atoms with Crippen LogP contribution in [0, 0.1) is 0 Å². The number of carboxylic acid groups (broad SMARTS) is 2. The van der Waals surface area contributed by atoms with Gasteiger partial charge in [-0.15, -0.1) is 12.4 Å². The number of para-hydroxylation sites is 3. The van der Waals surface area contributed by atoms with Crippen molar-refractivity contribution >= 4 is 30.0 Å². The molecule has 5 rings (SSSR count). The average Bonchev–Trinajstić information content (AvgIpc) is 3.89. The molecule has 0 saturated carbocycles. The van der Waals surface area contributed by atoms with Gasteiger partial charge in [0, 0.05) is 66.2 Å². The van der Waals surface area contributed by atoms with Gasteiger partial charge in [0.15, 0.2) is 12.6 Å². The van der Waals surface area contributed by atoms with Gasteiger partial charge < -0.3 is 40.3 Å². The summed E-state index contributed by atoms with van der Waals surface area (Å²) in [6, 6.07) is 24.8. The molecule has 0 atom stereocenters. The summed E-state index contributed by atoms with van der Waals surface area (Å²) >= 11 is 0. The Morgan fingerprint density at radius 3 is 1.56 bits per heavy atom. The van der Waals surface area contributed by atoms with E-state index in [2.05, 4.69) is 15.6 Å². The highest BCUT2D eigenvalue weighted by Gasteiger charge is 2.14. The van der Waals surface area contributed by atoms with E-state index in [0.29, 0.717) is 24.3 Å². The van der Waals surface area contributed by atoms with Crippen LogP contribution in [0.4, 0.5) is 5.69 Å². The second-order valence-electron chi connectivity index (χ2n) is 9.59. The first-order chi connectivity index (χ1) is 23.7. The Labute approximate surface area is 296 Å². The molecule has 0 aliphatic carbocycles. The molecular formula is C34H44ClN7O8. The van der Waals surface area contributed by atoms with E-state index in [4.69, 9.17) is 40.7 Å². The zero-order chi connectivity index (χ0) is 36.0. The first-order valence-electron chi connectivity index (χ1n) is 14.7. The van der Waals surface area contributed by atoms with Crippen molar-refractivity contribution in [1.29, 1.82) is 0 Å². The molecule has 0 unspecified atom stereocenters. The van der Waals surface area contributed by atoms with E-state index in [9.17, 15) is 9.59 Å². The fourth-order valence-corrected chi connectivity index (χ4v) is 4.11. The van der Waals surface area contributed by atoms with Crippen LogP contribution >= 0.6 is 12.4 Å². The number of nitrogen functional groups attached to an aromatic ring is 1. The summed E-state index contributed by atoms with van der Waals surface area (Å²) in [7, 11) is 6.32. The minimum absolute atomic E-state index is 0. The molecule has 5 aromatic rings. The van der Waals surface area contributed by atoms with Gasteiger partial charge in [-0.1, -0.05) is 42.5 Å². The third kappa shape index (κ3) is 13.8. The molecular weight excluding hydrogens is 670 g/mol. The first kappa shape index (κ1) is 42.9. The van der Waals surface area contributed by atoms with Crippen LogP contribution in [-0.2, 0) is 25.5 Å². The molecule has 0 amide bonds. The normalized spacial score (nSPS) is 10.0. The molecule has 270 valence electrons. The van der Waals surface area contributed by atoms with Crippen LogP contribution in [0.1, 0.15) is 32.7 Å². The number of aromatic nitrogens is 4. The zero-order valence-corrected chi connectivity index (χ0v) is 29.0. The molecule has 0 radical (unpaired) electrons. The Morgan fingerprint density at radius 2 is 1.14 bits per heavy atom. The van der Waals surface area contributed by atoms with E-state index in [1.54, 1.807) is 95.6 Å². The minimum atomic E-state index is -0.987. The summed E-state index contributed by atoms with van der Waals surface area (Å²) in [4.78, 5) is 21.4. The predicted octanol–water partition coefficient (Wildman–Crippen LogP) is 4.61. The van der Waals surface area contributed by atoms with Crippen LogP contribution in [0.5, 0.6) is 0 Å². The van der Waals surface area contributed by atoms with Gasteiger partial charge in [-0.05, 0) is 48.0 Å². The van der Waals surface area contributed by atoms with Gasteiger partial charge in [0.25, 0.3) is 0 Å². The van der Waals surface area contributed by atoms with E-state index in [-0.39, 0.29) is 36.1 Å². The van der Waals surface area contributed by atoms with Gasteiger partial charge in [0.1, 0.15) is 0 Å². The number of hydrogen-bond acceptors (Lipinski definition) is 11. The van der Waals surface area contributed by atoms with Crippen molar-refractivity contribution in [3.05, 3.63) is 126 Å². The number of halogens is 1. The van der Waals surface area contributed by atoms with Gasteiger partial charge in [-0.25, -0.2) is 19.0 Å². The molecule has 0 fully saturated rings. The Kier molecular flexibility index (Phi) is 20.7. The van der Waals surface area contributed by atoms with E-state index in [0.717, 1.165) is 11.3 Å². The number of hydrogen-bond donors (Lipinski definition) is 5. The number of carbonyl (C=O) groups is 2. The number of methoxy groups -OCH3 is 4. The van der Waals surface area contributed by atoms with Crippen molar-refractivity contribution in [2.24, 2.45) is 11.6 Å². The maximum absolute atomic E-state index is 10.9. The Bertz CT molecular complexity index is 1640. The second kappa shape index (κ2) is 24.1. The van der Waals surface area contributed by atoms with Crippen LogP contribution in [-0.4, -0.2) is 82.7 Å². The van der Waals surface area contributed by atoms with Crippen molar-refractivity contribution < 1.29 is 38.7 Å². The van der Waals surface area contributed by atoms with E-state index in [1.165, 1.54) is 10.7 Å². The lowest BCUT2D eigenvalue weighted by Gasteiger charge is -2.18. The lowest BCUT2D eigenvalue weighted by Crippen LogP contribution is -2.24. The molecule has 7 N–H and O–H groups in total. The van der Waals surface area contributed by atoms with Gasteiger partial charge >= 0.3 is 11.9 Å². The van der Waals surface area contributed by atoms with Crippen LogP contribution in [0.2, 0.25) is 0 Å². The summed E-state index contributed by atoms with van der Waals surface area (Å²) in [5.74, 6) is 3.14. The van der Waals surface area contributed by atoms with Crippen molar-refractivity contribution in [3.8, 4) is 11.4 Å². The number of ether oxygens (including phenoxy) is 4. The lowest BCUT2D eigenvalue weighted by molar-refractivity contribution is -0.178. The van der Waals surface area contributed by atoms with Crippen molar-refractivity contribution in [1.82, 2.24) is 19.6 Å². The van der Waals surface area contributed by atoms with Crippen LogP contribution in [0.15, 0.2) is 110 Å². The standard InChI is InChI=1S/C10H11N3.C10H8N2O2.C7H8N2O2.C7H16O4.ClH/c11-8-9-4-1-2-5-10(9)13-7-3-6-12-13;13-10(14)8-4-1-2-5-9(8)12-7-3-6-11-12;8-9-6-4-2-1-3-5(6)7(10)11;1-8-6(9-2)5-7(10-3)11-4;/h1-7H,8,11H2;1-7H,(H,13,14);1-4,9H,8H2,(H,10,11);6-7H,5H2,1-4H3;1H. The molecule has 0 aliphatic heterocycles. The van der Waals surface area contributed by atoms with Gasteiger partial charge in [0.05, 0.1) is 28.2 Å². The topological polar surface area (TPSA) is 211 Å². The number of hydrazine groups is 1. The Hall–Kier alpha value is -5.13. The fraction of sp³-hybridized carbons (Fsp3) is 0.235. The quantitative estimate of drug-likeness (QED) is 0.0680. The minimum Gasteiger partial charge on any atom is -0.478 e. The highest BCUT2D eigenvalue weighted by atomic mass is 35.5. The molecule has 15 nitrogen and oxygen atoms in total. The number of carboxylic acids is 2. The fourth-order valence-electron chi connectivity index (χ4n) is 4.11. The molecule has 2 heterocycles. The van der Waals surface area contributed by atoms with Crippen molar-refractivity contribution in [3.63, 3.8) is 0 Å². The summed E-state index contributed by atoms with van der Waals surface area (Å²) < 4.78 is 23.2. The predicted molar refractivity (Wildman–Crippen MR) is 191 cm³/mol. The SMILES string of the molecule is COC(CC(OC)OC)OC.Cl.NCc1ccccc1-n1cccn1.NNc1ccccc1C(=O)O.O=C(O)c1ccccc1-n1cccn1. The van der Waals surface area contributed by atoms with Crippen LogP contribution < -0.4 is 17.0 Å². The molecule has 0 saturated heterocycles. The largest absolute Gasteiger partial charge is 0.478 e. The first-order valence-corrected chi connectivity index (χ1v) is 14.7. The van der Waals surface area contributed by atoms with Crippen molar-refractivity contribution in [2.45, 2.75) is 25.5 Å². The Balaban J connectivity index is 0.000000333. The number of nitrogens with two attached hydrogens (primary N) is 2. The summed E-state index contributed by atoms with van der Waals surface area (Å²) in [5.41, 5.74) is 11.5. The number of aromatic carboxylic acids is 2. The molecule has 2 aromatic heterocycles. The number of benzene rings is 3. The third-order valence-electron chi connectivity index (χ3n) is 6.60. The summed E-state index contributed by atoms with van der Waals surface area (Å²) in [6.07, 6.45) is 7.03. The summed E-state index contributed by atoms with van der Waals surface area (Å²) in [5, 5.41) is 25.7. The zero-order valence-electron chi connectivity index (χ0n) is 28.2. The van der Waals surface area contributed by atoms with Gasteiger partial charge in [0.2, 0.25) is 0 Å². The molecule has 0 spiro atoms. The van der Waals surface area contributed by atoms with Crippen molar-refractivity contribution in [2.75, 3.05) is 33.9 Å². The summed E-state index contributed by atoms with van der Waals surface area (Å²) in [6.45, 7) is 0.538. The number of nitrogens with one attached hydrogen (secondary N) is 1. The smallest absolute Gasteiger partial charge is 0.337 e. The second-order valence-corrected chi connectivity index (χ2v) is 9.59. The van der Waals surface area contributed by atoms with Crippen LogP contribution in [0.3, 0.4) is 0 Å². The average molecular weight is 714 g/mol. The Morgan fingerprint density at radius 1 is 0.700 bits per heavy atom. The number of anilines is 1.